The molecule has 11 heavy (non-hydrogen) atoms. The lowest BCUT2D eigenvalue weighted by molar-refractivity contribution is 0.289. The molecule has 4 heteroatoms. The highest BCUT2D eigenvalue weighted by Crippen LogP contribution is 2.19. The van der Waals surface area contributed by atoms with Crippen LogP contribution in [0.1, 0.15) is 13.3 Å². The average Bonchev–Trinajstić information content (AvgIpc) is 2.01. The minimum absolute atomic E-state index is 0.233. The van der Waals surface area contributed by atoms with Gasteiger partial charge < -0.3 is 5.11 Å². The van der Waals surface area contributed by atoms with E-state index < -0.39 is 0 Å². The van der Waals surface area contributed by atoms with E-state index >= 15 is 0 Å². The number of hydrogen-bond acceptors (Lipinski definition) is 2. The van der Waals surface area contributed by atoms with Gasteiger partial charge in [0.2, 0.25) is 0 Å². The molecule has 0 bridgehead atoms. The van der Waals surface area contributed by atoms with Gasteiger partial charge in [-0.15, -0.1) is 0 Å². The molecule has 0 fully saturated rings. The van der Waals surface area contributed by atoms with Gasteiger partial charge in [0, 0.05) is 28.2 Å². The SMILES string of the molecule is CC(CCO)SCC(Cl)=CCl. The first kappa shape index (κ1) is 11.6. The quantitative estimate of drug-likeness (QED) is 0.760. The van der Waals surface area contributed by atoms with Gasteiger partial charge in [0.15, 0.2) is 0 Å². The molecule has 0 amide bonds. The molecule has 1 nitrogen and oxygen atoms in total. The van der Waals surface area contributed by atoms with Gasteiger partial charge in [0.05, 0.1) is 0 Å². The van der Waals surface area contributed by atoms with E-state index in [0.29, 0.717) is 10.3 Å². The maximum absolute atomic E-state index is 8.57. The van der Waals surface area contributed by atoms with Gasteiger partial charge in [-0.3, -0.25) is 0 Å². The van der Waals surface area contributed by atoms with E-state index in [2.05, 4.69) is 6.92 Å². The van der Waals surface area contributed by atoms with Crippen LogP contribution in [0.4, 0.5) is 0 Å². The maximum atomic E-state index is 8.57. The molecule has 0 rings (SSSR count). The Kier molecular flexibility index (Phi) is 7.71. The van der Waals surface area contributed by atoms with Crippen LogP contribution in [-0.4, -0.2) is 22.7 Å². The molecule has 1 unspecified atom stereocenters. The fourth-order valence-electron chi connectivity index (χ4n) is 0.519. The molecule has 1 atom stereocenters. The summed E-state index contributed by atoms with van der Waals surface area (Å²) in [5.74, 6) is 0.728. The minimum Gasteiger partial charge on any atom is -0.396 e. The summed E-state index contributed by atoms with van der Waals surface area (Å²) in [7, 11) is 0. The van der Waals surface area contributed by atoms with Crippen LogP contribution in [-0.2, 0) is 0 Å². The zero-order chi connectivity index (χ0) is 8.69. The molecule has 0 saturated heterocycles. The van der Waals surface area contributed by atoms with Gasteiger partial charge in [-0.2, -0.15) is 11.8 Å². The van der Waals surface area contributed by atoms with Gasteiger partial charge in [0.25, 0.3) is 0 Å². The van der Waals surface area contributed by atoms with E-state index in [1.165, 1.54) is 5.54 Å². The fraction of sp³-hybridized carbons (Fsp3) is 0.714. The van der Waals surface area contributed by atoms with E-state index in [9.17, 15) is 0 Å². The van der Waals surface area contributed by atoms with Gasteiger partial charge >= 0.3 is 0 Å². The van der Waals surface area contributed by atoms with Crippen LogP contribution in [0.3, 0.4) is 0 Å². The summed E-state index contributed by atoms with van der Waals surface area (Å²) >= 11 is 12.7. The third-order valence-electron chi connectivity index (χ3n) is 1.16. The van der Waals surface area contributed by atoms with Crippen molar-refractivity contribution in [1.82, 2.24) is 0 Å². The van der Waals surface area contributed by atoms with E-state index in [4.69, 9.17) is 28.3 Å². The number of hydrogen-bond donors (Lipinski definition) is 1. The van der Waals surface area contributed by atoms with Crippen LogP contribution >= 0.6 is 35.0 Å². The first-order chi connectivity index (χ1) is 5.20. The van der Waals surface area contributed by atoms with Crippen molar-refractivity contribution in [2.45, 2.75) is 18.6 Å². The van der Waals surface area contributed by atoms with Crippen molar-refractivity contribution >= 4 is 35.0 Å². The highest BCUT2D eigenvalue weighted by molar-refractivity contribution is 8.00. The van der Waals surface area contributed by atoms with E-state index in [-0.39, 0.29) is 6.61 Å². The van der Waals surface area contributed by atoms with Crippen molar-refractivity contribution in [2.24, 2.45) is 0 Å². The van der Waals surface area contributed by atoms with Gasteiger partial charge in [0.1, 0.15) is 0 Å². The lowest BCUT2D eigenvalue weighted by Crippen LogP contribution is -2.00. The third-order valence-corrected chi connectivity index (χ3v) is 3.22. The lowest BCUT2D eigenvalue weighted by Gasteiger charge is -2.07. The molecule has 0 aromatic heterocycles. The normalized spacial score (nSPS) is 15.1. The van der Waals surface area contributed by atoms with Gasteiger partial charge in [-0.25, -0.2) is 0 Å². The summed E-state index contributed by atoms with van der Waals surface area (Å²) < 4.78 is 0. The van der Waals surface area contributed by atoms with Crippen molar-refractivity contribution in [1.29, 1.82) is 0 Å². The molecule has 0 aromatic carbocycles. The van der Waals surface area contributed by atoms with Crippen molar-refractivity contribution in [3.8, 4) is 0 Å². The monoisotopic (exact) mass is 214 g/mol. The van der Waals surface area contributed by atoms with Crippen LogP contribution < -0.4 is 0 Å². The summed E-state index contributed by atoms with van der Waals surface area (Å²) in [5.41, 5.74) is 1.38. The van der Waals surface area contributed by atoms with Gasteiger partial charge in [-0.05, 0) is 6.42 Å². The number of thioether (sulfide) groups is 1. The Balaban J connectivity index is 3.37. The molecule has 0 radical (unpaired) electrons. The summed E-state index contributed by atoms with van der Waals surface area (Å²) in [4.78, 5) is 0. The standard InChI is InChI=1S/C7H12Cl2OS/c1-6(2-3-10)11-5-7(9)4-8/h4,6,10H,2-3,5H2,1H3. The number of aliphatic hydroxyl groups excluding tert-OH is 1. The second-order valence-electron chi connectivity index (χ2n) is 2.19. The van der Waals surface area contributed by atoms with E-state index in [1.54, 1.807) is 11.8 Å². The second kappa shape index (κ2) is 7.29. The average molecular weight is 215 g/mol. The molecule has 1 N–H and O–H groups in total. The highest BCUT2D eigenvalue weighted by atomic mass is 35.5. The molecule has 0 aliphatic rings. The summed E-state index contributed by atoms with van der Waals surface area (Å²) in [5, 5.41) is 9.66. The largest absolute Gasteiger partial charge is 0.396 e. The first-order valence-corrected chi connectivity index (χ1v) is 5.24. The lowest BCUT2D eigenvalue weighted by atomic mass is 10.3. The molecule has 0 saturated carbocycles. The third kappa shape index (κ3) is 7.01. The minimum atomic E-state index is 0.233. The highest BCUT2D eigenvalue weighted by Gasteiger charge is 2.01. The zero-order valence-electron chi connectivity index (χ0n) is 6.39. The van der Waals surface area contributed by atoms with Crippen LogP contribution in [0.5, 0.6) is 0 Å². The van der Waals surface area contributed by atoms with Crippen molar-refractivity contribution in [2.75, 3.05) is 12.4 Å². The molecule has 0 aromatic rings. The Morgan fingerprint density at radius 3 is 2.82 bits per heavy atom. The molecular weight excluding hydrogens is 203 g/mol. The maximum Gasteiger partial charge on any atom is 0.0441 e. The Hall–Kier alpha value is 0.630. The van der Waals surface area contributed by atoms with E-state index in [1.807, 2.05) is 0 Å². The smallest absolute Gasteiger partial charge is 0.0441 e. The Labute approximate surface area is 81.8 Å². The first-order valence-electron chi connectivity index (χ1n) is 3.38. The summed E-state index contributed by atoms with van der Waals surface area (Å²) in [6, 6.07) is 0. The molecule has 0 aliphatic carbocycles. The van der Waals surface area contributed by atoms with Crippen LogP contribution in [0.25, 0.3) is 0 Å². The fourth-order valence-corrected chi connectivity index (χ4v) is 1.68. The van der Waals surface area contributed by atoms with Crippen molar-refractivity contribution < 1.29 is 5.11 Å². The predicted molar refractivity (Wildman–Crippen MR) is 53.4 cm³/mol. The number of halogens is 2. The molecule has 0 heterocycles. The molecular formula is C7H12Cl2OS. The Morgan fingerprint density at radius 2 is 2.36 bits per heavy atom. The van der Waals surface area contributed by atoms with E-state index in [0.717, 1.165) is 12.2 Å². The molecule has 0 spiro atoms. The van der Waals surface area contributed by atoms with Crippen LogP contribution in [0.2, 0.25) is 0 Å². The zero-order valence-corrected chi connectivity index (χ0v) is 8.72. The van der Waals surface area contributed by atoms with Gasteiger partial charge in [-0.1, -0.05) is 30.1 Å². The predicted octanol–water partition coefficient (Wildman–Crippen LogP) is 2.81. The summed E-state index contributed by atoms with van der Waals surface area (Å²) in [6.45, 7) is 2.29. The molecule has 0 aliphatic heterocycles. The topological polar surface area (TPSA) is 20.2 Å². The van der Waals surface area contributed by atoms with Crippen molar-refractivity contribution in [3.05, 3.63) is 10.6 Å². The van der Waals surface area contributed by atoms with Crippen LogP contribution in [0, 0.1) is 0 Å². The number of rotatable bonds is 5. The Morgan fingerprint density at radius 1 is 1.73 bits per heavy atom. The summed E-state index contributed by atoms with van der Waals surface area (Å²) in [6.07, 6.45) is 0.803. The Bertz CT molecular complexity index is 128. The second-order valence-corrected chi connectivity index (χ2v) is 4.32. The molecule has 66 valence electrons. The number of aliphatic hydroxyl groups is 1. The van der Waals surface area contributed by atoms with Crippen molar-refractivity contribution in [3.63, 3.8) is 0 Å². The van der Waals surface area contributed by atoms with Crippen LogP contribution in [0.15, 0.2) is 10.6 Å².